The van der Waals surface area contributed by atoms with Gasteiger partial charge in [-0.2, -0.15) is 0 Å². The van der Waals surface area contributed by atoms with Gasteiger partial charge in [0.25, 0.3) is 0 Å². The van der Waals surface area contributed by atoms with E-state index < -0.39 is 12.2 Å². The van der Waals surface area contributed by atoms with Crippen LogP contribution in [0.15, 0.2) is 72.3 Å². The maximum absolute atomic E-state index is 9.59. The number of terminal acetylenes is 2. The van der Waals surface area contributed by atoms with Gasteiger partial charge in [0.1, 0.15) is 36.6 Å². The van der Waals surface area contributed by atoms with E-state index in [0.29, 0.717) is 0 Å². The fraction of sp³-hybridized carbons (Fsp3) is 0.600. The molecule has 0 aromatic heterocycles. The molecule has 0 radical (unpaired) electrons. The third-order valence-electron chi connectivity index (χ3n) is 9.22. The second-order valence-electron chi connectivity index (χ2n) is 12.3. The van der Waals surface area contributed by atoms with Gasteiger partial charge in [-0.15, -0.1) is 0 Å². The molecule has 4 N–H and O–H groups in total. The zero-order valence-corrected chi connectivity index (χ0v) is 29.6. The molecule has 0 bridgehead atoms. The third-order valence-corrected chi connectivity index (χ3v) is 9.22. The van der Waals surface area contributed by atoms with Gasteiger partial charge in [0.2, 0.25) is 0 Å². The van der Waals surface area contributed by atoms with Gasteiger partial charge in [0, 0.05) is 12.8 Å². The highest BCUT2D eigenvalue weighted by Gasteiger charge is 2.28. The molecule has 0 saturated heterocycles. The zero-order chi connectivity index (χ0) is 35.9. The molecular formula is C40H60O8. The number of hydrogen-bond acceptors (Lipinski definition) is 8. The normalized spacial score (nSPS) is 33.1. The van der Waals surface area contributed by atoms with Crippen LogP contribution in [0.2, 0.25) is 0 Å². The molecule has 4 fully saturated rings. The van der Waals surface area contributed by atoms with Crippen LogP contribution in [0.25, 0.3) is 0 Å². The summed E-state index contributed by atoms with van der Waals surface area (Å²) in [5.41, 5.74) is 5.29. The molecule has 0 aromatic carbocycles. The fourth-order valence-electron chi connectivity index (χ4n) is 6.10. The molecule has 4 saturated carbocycles. The minimum absolute atomic E-state index is 0.0498. The number of hydrogen-bond donors (Lipinski definition) is 4. The van der Waals surface area contributed by atoms with Crippen LogP contribution in [0.3, 0.4) is 0 Å². The highest BCUT2D eigenvalue weighted by Crippen LogP contribution is 2.28. The molecular weight excluding hydrogens is 608 g/mol. The maximum atomic E-state index is 9.59. The Bertz CT molecular complexity index is 1060. The zero-order valence-electron chi connectivity index (χ0n) is 29.6. The number of rotatable bonds is 6. The summed E-state index contributed by atoms with van der Waals surface area (Å²) in [6.07, 6.45) is 33.7. The molecule has 48 heavy (non-hydrogen) atoms. The van der Waals surface area contributed by atoms with Crippen LogP contribution in [-0.4, -0.2) is 69.3 Å². The molecule has 8 atom stereocenters. The first-order chi connectivity index (χ1) is 23.1. The van der Waals surface area contributed by atoms with Crippen LogP contribution in [0, 0.1) is 25.1 Å². The Balaban J connectivity index is 0.000000320. The lowest BCUT2D eigenvalue weighted by atomic mass is 9.90. The SMILES string of the molecule is C#COC1C/C(=C/C)CCC1O.C#COC1C/C(=C\C)CCC1O.C=COC1CC/C(=C/C)CC1O.C=COC1CC/C(=C\C)CC1O. The summed E-state index contributed by atoms with van der Waals surface area (Å²) in [7, 11) is 0. The maximum Gasteiger partial charge on any atom is 0.140 e. The van der Waals surface area contributed by atoms with Crippen LogP contribution in [0.1, 0.15) is 105 Å². The molecule has 0 aromatic rings. The molecule has 268 valence electrons. The van der Waals surface area contributed by atoms with Crippen molar-refractivity contribution in [2.75, 3.05) is 0 Å². The second kappa shape index (κ2) is 24.7. The standard InChI is InChI=1S/2C10H16O2.2C10H14O2/c2*1-3-8-5-6-10(12-4-2)9(11)7-8;2*1-3-8-5-6-9(11)10(7-8)12-4-2/h2*3-4,9-11H,2,5-7H2,1H3;2*2-3,9-11H,5-7H2,1H3/b8-3+;8-3-;8-3+;8-3-. The van der Waals surface area contributed by atoms with Gasteiger partial charge in [-0.1, -0.05) is 72.6 Å². The van der Waals surface area contributed by atoms with Crippen molar-refractivity contribution in [3.8, 4) is 25.1 Å². The monoisotopic (exact) mass is 668 g/mol. The highest BCUT2D eigenvalue weighted by molar-refractivity contribution is 5.09. The van der Waals surface area contributed by atoms with Gasteiger partial charge in [-0.3, -0.25) is 0 Å². The van der Waals surface area contributed by atoms with Crippen molar-refractivity contribution in [3.63, 3.8) is 0 Å². The van der Waals surface area contributed by atoms with Crippen molar-refractivity contribution in [3.05, 3.63) is 72.3 Å². The summed E-state index contributed by atoms with van der Waals surface area (Å²) in [6.45, 7) is 15.0. The van der Waals surface area contributed by atoms with E-state index in [4.69, 9.17) is 31.8 Å². The topological polar surface area (TPSA) is 118 Å². The second-order valence-corrected chi connectivity index (χ2v) is 12.3. The quantitative estimate of drug-likeness (QED) is 0.137. The van der Waals surface area contributed by atoms with E-state index in [0.717, 1.165) is 77.0 Å². The Labute approximate surface area is 289 Å². The summed E-state index contributed by atoms with van der Waals surface area (Å²) >= 11 is 0. The van der Waals surface area contributed by atoms with Crippen molar-refractivity contribution >= 4 is 0 Å². The lowest BCUT2D eigenvalue weighted by Gasteiger charge is -2.28. The Morgan fingerprint density at radius 3 is 1.10 bits per heavy atom. The van der Waals surface area contributed by atoms with E-state index in [9.17, 15) is 20.4 Å². The number of aliphatic hydroxyl groups is 4. The van der Waals surface area contributed by atoms with E-state index in [2.05, 4.69) is 49.7 Å². The number of ether oxygens (including phenoxy) is 4. The van der Waals surface area contributed by atoms with Gasteiger partial charge in [0.05, 0.1) is 36.9 Å². The highest BCUT2D eigenvalue weighted by atomic mass is 16.5. The van der Waals surface area contributed by atoms with Gasteiger partial charge in [-0.05, 0) is 91.9 Å². The van der Waals surface area contributed by atoms with E-state index in [1.165, 1.54) is 34.8 Å². The number of aliphatic hydroxyl groups excluding tert-OH is 4. The third kappa shape index (κ3) is 15.7. The minimum Gasteiger partial charge on any atom is -0.496 e. The average Bonchev–Trinajstić information content (AvgIpc) is 3.09. The average molecular weight is 669 g/mol. The Morgan fingerprint density at radius 2 is 0.833 bits per heavy atom. The molecule has 4 aliphatic carbocycles. The molecule has 8 nitrogen and oxygen atoms in total. The summed E-state index contributed by atoms with van der Waals surface area (Å²) in [5.74, 6) is 0. The predicted molar refractivity (Wildman–Crippen MR) is 192 cm³/mol. The molecule has 0 heterocycles. The Hall–Kier alpha value is -3.40. The first-order valence-corrected chi connectivity index (χ1v) is 17.1. The summed E-state index contributed by atoms with van der Waals surface area (Å²) in [6, 6.07) is 0. The molecule has 0 spiro atoms. The van der Waals surface area contributed by atoms with Gasteiger partial charge in [-0.25, -0.2) is 0 Å². The number of allylic oxidation sites excluding steroid dienone is 4. The van der Waals surface area contributed by atoms with E-state index in [-0.39, 0.29) is 36.6 Å². The van der Waals surface area contributed by atoms with Gasteiger partial charge >= 0.3 is 0 Å². The first kappa shape index (κ1) is 42.6. The van der Waals surface area contributed by atoms with Crippen LogP contribution < -0.4 is 0 Å². The lowest BCUT2D eigenvalue weighted by Crippen LogP contribution is -2.31. The van der Waals surface area contributed by atoms with Crippen molar-refractivity contribution in [1.29, 1.82) is 0 Å². The van der Waals surface area contributed by atoms with Crippen LogP contribution >= 0.6 is 0 Å². The molecule has 0 aliphatic heterocycles. The fourth-order valence-corrected chi connectivity index (χ4v) is 6.10. The van der Waals surface area contributed by atoms with Gasteiger partial charge in [0.15, 0.2) is 0 Å². The smallest absolute Gasteiger partial charge is 0.140 e. The summed E-state index contributed by atoms with van der Waals surface area (Å²) in [4.78, 5) is 0. The van der Waals surface area contributed by atoms with Crippen LogP contribution in [0.4, 0.5) is 0 Å². The molecule has 8 heteroatoms. The molecule has 4 rings (SSSR count). The van der Waals surface area contributed by atoms with E-state index in [1.54, 1.807) is 0 Å². The van der Waals surface area contributed by atoms with Crippen molar-refractivity contribution in [1.82, 2.24) is 0 Å². The van der Waals surface area contributed by atoms with Gasteiger partial charge < -0.3 is 39.4 Å². The van der Waals surface area contributed by atoms with Crippen LogP contribution in [0.5, 0.6) is 0 Å². The Morgan fingerprint density at radius 1 is 0.521 bits per heavy atom. The van der Waals surface area contributed by atoms with E-state index in [1.807, 2.05) is 27.7 Å². The Kier molecular flexibility index (Phi) is 21.9. The van der Waals surface area contributed by atoms with E-state index >= 15 is 0 Å². The lowest BCUT2D eigenvalue weighted by molar-refractivity contribution is -0.00549. The predicted octanol–water partition coefficient (Wildman–Crippen LogP) is 6.92. The molecule has 4 aliphatic rings. The summed E-state index contributed by atoms with van der Waals surface area (Å²) < 4.78 is 20.3. The van der Waals surface area contributed by atoms with Crippen LogP contribution in [-0.2, 0) is 18.9 Å². The van der Waals surface area contributed by atoms with Crippen molar-refractivity contribution in [2.24, 2.45) is 0 Å². The minimum atomic E-state index is -0.398. The first-order valence-electron chi connectivity index (χ1n) is 17.1. The summed E-state index contributed by atoms with van der Waals surface area (Å²) in [5, 5.41) is 38.1. The largest absolute Gasteiger partial charge is 0.496 e. The molecule has 8 unspecified atom stereocenters. The molecule has 0 amide bonds. The van der Waals surface area contributed by atoms with Crippen molar-refractivity contribution < 1.29 is 39.4 Å². The van der Waals surface area contributed by atoms with Crippen molar-refractivity contribution in [2.45, 2.75) is 154 Å².